The van der Waals surface area contributed by atoms with Crippen LogP contribution in [0.1, 0.15) is 37.7 Å². The molecular weight excluding hydrogens is 1080 g/mol. The molecule has 450 valence electrons. The molecule has 7 amide bonds. The van der Waals surface area contributed by atoms with Crippen molar-refractivity contribution in [3.63, 3.8) is 0 Å². The molecule has 4 heterocycles. The van der Waals surface area contributed by atoms with E-state index in [2.05, 4.69) is 20.9 Å². The third kappa shape index (κ3) is 22.6. The predicted molar refractivity (Wildman–Crippen MR) is 287 cm³/mol. The van der Waals surface area contributed by atoms with Crippen LogP contribution in [0.25, 0.3) is 11.3 Å². The Labute approximate surface area is 475 Å². The van der Waals surface area contributed by atoms with Crippen molar-refractivity contribution >= 4 is 47.1 Å². The summed E-state index contributed by atoms with van der Waals surface area (Å²) in [6, 6.07) is 14.8. The normalized spacial score (nSPS) is 15.0. The highest BCUT2D eigenvalue weighted by Crippen LogP contribution is 2.34. The minimum absolute atomic E-state index is 0.0481. The summed E-state index contributed by atoms with van der Waals surface area (Å²) in [5.41, 5.74) is 1.26. The summed E-state index contributed by atoms with van der Waals surface area (Å²) in [5, 5.41) is 24.3. The maximum absolute atomic E-state index is 13.5. The summed E-state index contributed by atoms with van der Waals surface area (Å²) in [7, 11) is 0. The van der Waals surface area contributed by atoms with Gasteiger partial charge in [-0.1, -0.05) is 29.5 Å². The molecule has 0 atom stereocenters. The van der Waals surface area contributed by atoms with Crippen LogP contribution in [-0.4, -0.2) is 238 Å². The van der Waals surface area contributed by atoms with E-state index in [1.807, 2.05) is 18.2 Å². The van der Waals surface area contributed by atoms with Crippen LogP contribution in [0.2, 0.25) is 0 Å². The summed E-state index contributed by atoms with van der Waals surface area (Å²) in [4.78, 5) is 81.7. The van der Waals surface area contributed by atoms with Gasteiger partial charge in [-0.2, -0.15) is 5.26 Å². The van der Waals surface area contributed by atoms with Crippen LogP contribution in [0.5, 0.6) is 0 Å². The number of nitrogens with zero attached hydrogens (tertiary/aromatic N) is 7. The van der Waals surface area contributed by atoms with Crippen LogP contribution in [0, 0.1) is 11.3 Å². The summed E-state index contributed by atoms with van der Waals surface area (Å²) in [5.74, 6) is -2.18. The van der Waals surface area contributed by atoms with Crippen molar-refractivity contribution in [1.29, 1.82) is 5.26 Å². The quantitative estimate of drug-likeness (QED) is 0.0466. The minimum atomic E-state index is -1.15. The lowest BCUT2D eigenvalue weighted by atomic mass is 9.87. The molecule has 6 rings (SSSR count). The number of nitriles is 1. The van der Waals surface area contributed by atoms with Gasteiger partial charge in [0.15, 0.2) is 0 Å². The molecule has 2 aromatic carbocycles. The van der Waals surface area contributed by atoms with Gasteiger partial charge < -0.3 is 77.2 Å². The second kappa shape index (κ2) is 37.5. The smallest absolute Gasteiger partial charge is 0.335 e. The maximum atomic E-state index is 13.5. The Kier molecular flexibility index (Phi) is 29.5. The van der Waals surface area contributed by atoms with E-state index in [-0.39, 0.29) is 75.7 Å². The summed E-state index contributed by atoms with van der Waals surface area (Å²) in [6.07, 6.45) is 2.27. The van der Waals surface area contributed by atoms with Gasteiger partial charge in [-0.15, -0.1) is 10.2 Å². The number of hydroxylamine groups is 2. The van der Waals surface area contributed by atoms with Crippen molar-refractivity contribution in [2.75, 3.05) is 182 Å². The molecule has 1 spiro atoms. The zero-order valence-electron chi connectivity index (χ0n) is 46.2. The molecule has 82 heavy (non-hydrogen) atoms. The number of hydrogen-bond donors (Lipinski definition) is 2. The van der Waals surface area contributed by atoms with E-state index in [1.165, 1.54) is 0 Å². The first-order valence-corrected chi connectivity index (χ1v) is 27.4. The largest absolute Gasteiger partial charge is 0.378 e. The number of benzene rings is 2. The van der Waals surface area contributed by atoms with Gasteiger partial charge >= 0.3 is 18.0 Å². The van der Waals surface area contributed by atoms with Crippen molar-refractivity contribution in [2.24, 2.45) is 0 Å². The molecule has 3 fully saturated rings. The lowest BCUT2D eigenvalue weighted by molar-refractivity contribution is -0.198. The molecule has 3 aliphatic heterocycles. The molecule has 28 heteroatoms. The standard InChI is InChI=1S/C54H75N9O19/c55-41-44-4-1-2-7-47(44)62-51(67)54(57-53(62)69)11-13-60(14-12-54)52(68)56-45-6-3-5-43(40-45)46-42-61(59-58-46)15-17-71-19-21-73-23-25-75-27-29-77-31-33-79-35-37-81-39-38-80-36-34-78-32-30-76-28-26-74-24-22-72-20-18-70-16-10-50(66)82-63-48(64)8-9-49(63)65/h1-7,40,42H,8-39H2,(H,56,68)(H,57,69). The number of carbonyl (C=O) groups excluding carboxylic acids is 6. The third-order valence-electron chi connectivity index (χ3n) is 12.5. The van der Waals surface area contributed by atoms with Gasteiger partial charge in [0, 0.05) is 37.2 Å². The number of aromatic nitrogens is 3. The van der Waals surface area contributed by atoms with Gasteiger partial charge in [0.05, 0.1) is 189 Å². The lowest BCUT2D eigenvalue weighted by Gasteiger charge is -2.37. The van der Waals surface area contributed by atoms with Crippen molar-refractivity contribution in [2.45, 2.75) is 44.2 Å². The average molecular weight is 1150 g/mol. The second-order valence-electron chi connectivity index (χ2n) is 18.3. The third-order valence-corrected chi connectivity index (χ3v) is 12.5. The first-order valence-electron chi connectivity index (χ1n) is 27.4. The molecule has 2 N–H and O–H groups in total. The lowest BCUT2D eigenvalue weighted by Crippen LogP contribution is -2.56. The van der Waals surface area contributed by atoms with E-state index >= 15 is 0 Å². The van der Waals surface area contributed by atoms with Crippen molar-refractivity contribution in [3.8, 4) is 17.3 Å². The summed E-state index contributed by atoms with van der Waals surface area (Å²) in [6.45, 7) is 10.7. The highest BCUT2D eigenvalue weighted by molar-refractivity contribution is 6.24. The topological polar surface area (TPSA) is 311 Å². The van der Waals surface area contributed by atoms with Crippen molar-refractivity contribution in [1.82, 2.24) is 30.3 Å². The van der Waals surface area contributed by atoms with Gasteiger partial charge in [0.25, 0.3) is 17.7 Å². The Morgan fingerprint density at radius 2 is 1.06 bits per heavy atom. The van der Waals surface area contributed by atoms with Gasteiger partial charge in [0.1, 0.15) is 17.3 Å². The number of urea groups is 2. The molecule has 0 bridgehead atoms. The zero-order valence-corrected chi connectivity index (χ0v) is 46.2. The molecule has 0 saturated carbocycles. The number of para-hydroxylation sites is 1. The fraction of sp³-hybridized carbons (Fsp3) is 0.611. The fourth-order valence-electron chi connectivity index (χ4n) is 8.17. The highest BCUT2D eigenvalue weighted by Gasteiger charge is 2.53. The fourth-order valence-corrected chi connectivity index (χ4v) is 8.17. The molecule has 3 aliphatic rings. The monoisotopic (exact) mass is 1150 g/mol. The Morgan fingerprint density at radius 3 is 1.55 bits per heavy atom. The number of rotatable bonds is 43. The van der Waals surface area contributed by atoms with Crippen LogP contribution in [0.3, 0.4) is 0 Å². The Hall–Kier alpha value is -6.59. The van der Waals surface area contributed by atoms with E-state index in [0.717, 1.165) is 10.5 Å². The van der Waals surface area contributed by atoms with Crippen LogP contribution >= 0.6 is 0 Å². The number of piperidine rings is 1. The number of ether oxygens (including phenoxy) is 12. The first kappa shape index (κ1) is 64.6. The molecule has 1 aromatic heterocycles. The van der Waals surface area contributed by atoms with Gasteiger partial charge in [-0.3, -0.25) is 14.4 Å². The molecular formula is C54H75N9O19. The second-order valence-corrected chi connectivity index (χ2v) is 18.3. The van der Waals surface area contributed by atoms with Gasteiger partial charge in [0.2, 0.25) is 0 Å². The molecule has 3 saturated heterocycles. The number of imide groups is 2. The predicted octanol–water partition coefficient (Wildman–Crippen LogP) is 2.14. The van der Waals surface area contributed by atoms with E-state index in [1.54, 1.807) is 52.2 Å². The Balaban J connectivity index is 0.631. The number of likely N-dealkylation sites (tertiary alicyclic amines) is 1. The van der Waals surface area contributed by atoms with E-state index in [0.29, 0.717) is 168 Å². The number of anilines is 2. The number of carbonyl (C=O) groups is 6. The van der Waals surface area contributed by atoms with E-state index < -0.39 is 35.3 Å². The zero-order chi connectivity index (χ0) is 57.9. The number of amides is 7. The van der Waals surface area contributed by atoms with Crippen LogP contribution in [-0.2, 0) is 87.4 Å². The molecule has 0 unspecified atom stereocenters. The van der Waals surface area contributed by atoms with Crippen molar-refractivity contribution in [3.05, 3.63) is 60.3 Å². The number of hydrogen-bond acceptors (Lipinski definition) is 22. The first-order chi connectivity index (χ1) is 40.2. The highest BCUT2D eigenvalue weighted by atomic mass is 16.7. The van der Waals surface area contributed by atoms with Gasteiger partial charge in [-0.05, 0) is 37.1 Å². The van der Waals surface area contributed by atoms with Crippen LogP contribution < -0.4 is 15.5 Å². The van der Waals surface area contributed by atoms with Crippen LogP contribution in [0.4, 0.5) is 21.0 Å². The number of nitrogens with one attached hydrogen (secondary N) is 2. The van der Waals surface area contributed by atoms with Crippen molar-refractivity contribution < 1.29 is 90.4 Å². The Morgan fingerprint density at radius 1 is 0.598 bits per heavy atom. The minimum Gasteiger partial charge on any atom is -0.378 e. The molecule has 28 nitrogen and oxygen atoms in total. The van der Waals surface area contributed by atoms with E-state index in [4.69, 9.17) is 61.7 Å². The average Bonchev–Trinajstić information content (AvgIpc) is 4.26. The van der Waals surface area contributed by atoms with Gasteiger partial charge in [-0.25, -0.2) is 24.0 Å². The molecule has 0 aliphatic carbocycles. The maximum Gasteiger partial charge on any atom is 0.335 e. The SMILES string of the molecule is N#Cc1ccccc1N1C(=O)NC2(CCN(C(=O)Nc3cccc(-c4cn(CCOCCOCCOCCOCCOCCOCCOCCOCCOCCOCCOCCOCCC(=O)ON5C(=O)CCC5=O)nn4)c3)CC2)C1=O. The van der Waals surface area contributed by atoms with E-state index in [9.17, 15) is 34.0 Å². The summed E-state index contributed by atoms with van der Waals surface area (Å²) < 4.78 is 67.7. The summed E-state index contributed by atoms with van der Waals surface area (Å²) >= 11 is 0. The van der Waals surface area contributed by atoms with Crippen LogP contribution in [0.15, 0.2) is 54.7 Å². The Bertz CT molecular complexity index is 2460. The molecule has 0 radical (unpaired) electrons. The molecule has 3 aromatic rings.